The van der Waals surface area contributed by atoms with Crippen molar-refractivity contribution in [2.45, 2.75) is 13.0 Å². The summed E-state index contributed by atoms with van der Waals surface area (Å²) in [6, 6.07) is 5.86. The normalized spacial score (nSPS) is 11.5. The molecule has 23 heavy (non-hydrogen) atoms. The van der Waals surface area contributed by atoms with Crippen molar-refractivity contribution in [1.29, 1.82) is 0 Å². The molecule has 1 aromatic heterocycles. The lowest BCUT2D eigenvalue weighted by Gasteiger charge is -2.13. The SMILES string of the molecule is CC(NC(=O)c1cc([N+](=O)[O-])cc([N+](=O)[O-])c1)c1cccnc1. The average Bonchev–Trinajstić information content (AvgIpc) is 2.55. The molecule has 1 N–H and O–H groups in total. The van der Waals surface area contributed by atoms with Crippen LogP contribution in [0.25, 0.3) is 0 Å². The third-order valence-corrected chi connectivity index (χ3v) is 3.12. The van der Waals surface area contributed by atoms with Crippen LogP contribution in [0.2, 0.25) is 0 Å². The number of nitrogens with zero attached hydrogens (tertiary/aromatic N) is 3. The Labute approximate surface area is 130 Å². The van der Waals surface area contributed by atoms with Gasteiger partial charge in [-0.3, -0.25) is 30.0 Å². The van der Waals surface area contributed by atoms with Gasteiger partial charge >= 0.3 is 0 Å². The first-order valence-corrected chi connectivity index (χ1v) is 6.53. The van der Waals surface area contributed by atoms with Gasteiger partial charge in [-0.15, -0.1) is 0 Å². The number of amides is 1. The highest BCUT2D eigenvalue weighted by Crippen LogP contribution is 2.23. The van der Waals surface area contributed by atoms with Crippen LogP contribution in [0.15, 0.2) is 42.7 Å². The van der Waals surface area contributed by atoms with Gasteiger partial charge in [-0.2, -0.15) is 0 Å². The van der Waals surface area contributed by atoms with Gasteiger partial charge in [0, 0.05) is 24.5 Å². The maximum atomic E-state index is 12.2. The molecule has 0 saturated heterocycles. The number of nitrogens with one attached hydrogen (secondary N) is 1. The van der Waals surface area contributed by atoms with Gasteiger partial charge in [0.15, 0.2) is 0 Å². The Hall–Kier alpha value is -3.36. The molecule has 9 nitrogen and oxygen atoms in total. The van der Waals surface area contributed by atoms with E-state index in [0.29, 0.717) is 0 Å². The number of nitro benzene ring substituents is 2. The van der Waals surface area contributed by atoms with E-state index >= 15 is 0 Å². The number of hydrogen-bond donors (Lipinski definition) is 1. The van der Waals surface area contributed by atoms with Crippen molar-refractivity contribution >= 4 is 17.3 Å². The van der Waals surface area contributed by atoms with E-state index in [9.17, 15) is 25.0 Å². The fourth-order valence-electron chi connectivity index (χ4n) is 1.93. The van der Waals surface area contributed by atoms with Gasteiger partial charge in [-0.1, -0.05) is 6.07 Å². The summed E-state index contributed by atoms with van der Waals surface area (Å²) in [6.07, 6.45) is 3.16. The molecular formula is C14H12N4O5. The summed E-state index contributed by atoms with van der Waals surface area (Å²) in [5, 5.41) is 24.3. The molecule has 0 fully saturated rings. The monoisotopic (exact) mass is 316 g/mol. The largest absolute Gasteiger partial charge is 0.345 e. The van der Waals surface area contributed by atoms with Crippen LogP contribution in [0.1, 0.15) is 28.9 Å². The van der Waals surface area contributed by atoms with E-state index in [1.54, 1.807) is 31.5 Å². The Bertz CT molecular complexity index is 731. The molecule has 1 unspecified atom stereocenters. The Morgan fingerprint density at radius 2 is 1.78 bits per heavy atom. The van der Waals surface area contributed by atoms with Gasteiger partial charge < -0.3 is 5.32 Å². The highest BCUT2D eigenvalue weighted by atomic mass is 16.6. The summed E-state index contributed by atoms with van der Waals surface area (Å²) in [5.74, 6) is -0.645. The molecular weight excluding hydrogens is 304 g/mol. The van der Waals surface area contributed by atoms with Gasteiger partial charge in [-0.25, -0.2) is 0 Å². The molecule has 118 valence electrons. The molecule has 1 atom stereocenters. The lowest BCUT2D eigenvalue weighted by atomic mass is 10.1. The summed E-state index contributed by atoms with van der Waals surface area (Å²) in [6.45, 7) is 1.71. The van der Waals surface area contributed by atoms with Crippen LogP contribution in [0, 0.1) is 20.2 Å². The number of hydrogen-bond acceptors (Lipinski definition) is 6. The molecule has 1 heterocycles. The summed E-state index contributed by atoms with van der Waals surface area (Å²) in [7, 11) is 0. The molecule has 2 aromatic rings. The predicted molar refractivity (Wildman–Crippen MR) is 79.9 cm³/mol. The minimum atomic E-state index is -0.783. The van der Waals surface area contributed by atoms with Crippen LogP contribution in [-0.2, 0) is 0 Å². The first kappa shape index (κ1) is 16.0. The van der Waals surface area contributed by atoms with E-state index in [1.807, 2.05) is 0 Å². The molecule has 2 rings (SSSR count). The zero-order valence-corrected chi connectivity index (χ0v) is 12.0. The summed E-state index contributed by atoms with van der Waals surface area (Å²) >= 11 is 0. The number of aromatic nitrogens is 1. The van der Waals surface area contributed by atoms with E-state index in [4.69, 9.17) is 0 Å². The van der Waals surface area contributed by atoms with E-state index in [0.717, 1.165) is 23.8 Å². The Morgan fingerprint density at radius 3 is 2.26 bits per heavy atom. The molecule has 9 heteroatoms. The maximum absolute atomic E-state index is 12.2. The first-order valence-electron chi connectivity index (χ1n) is 6.53. The maximum Gasteiger partial charge on any atom is 0.277 e. The molecule has 0 saturated carbocycles. The fraction of sp³-hybridized carbons (Fsp3) is 0.143. The summed E-state index contributed by atoms with van der Waals surface area (Å²) < 4.78 is 0. The third kappa shape index (κ3) is 3.84. The highest BCUT2D eigenvalue weighted by molar-refractivity contribution is 5.95. The fourth-order valence-corrected chi connectivity index (χ4v) is 1.93. The van der Waals surface area contributed by atoms with Crippen LogP contribution >= 0.6 is 0 Å². The van der Waals surface area contributed by atoms with Crippen molar-refractivity contribution in [2.24, 2.45) is 0 Å². The predicted octanol–water partition coefficient (Wildman–Crippen LogP) is 2.39. The van der Waals surface area contributed by atoms with Crippen LogP contribution in [0.4, 0.5) is 11.4 Å². The second kappa shape index (κ2) is 6.60. The van der Waals surface area contributed by atoms with Crippen molar-refractivity contribution < 1.29 is 14.6 Å². The first-order chi connectivity index (χ1) is 10.9. The second-order valence-electron chi connectivity index (χ2n) is 4.73. The highest BCUT2D eigenvalue weighted by Gasteiger charge is 2.21. The van der Waals surface area contributed by atoms with Gasteiger partial charge in [0.1, 0.15) is 0 Å². The molecule has 0 bridgehead atoms. The molecule has 0 radical (unpaired) electrons. The van der Waals surface area contributed by atoms with E-state index in [-0.39, 0.29) is 5.56 Å². The number of pyridine rings is 1. The van der Waals surface area contributed by atoms with Crippen molar-refractivity contribution in [1.82, 2.24) is 10.3 Å². The third-order valence-electron chi connectivity index (χ3n) is 3.12. The van der Waals surface area contributed by atoms with Gasteiger partial charge in [-0.05, 0) is 18.6 Å². The molecule has 1 aromatic carbocycles. The standard InChI is InChI=1S/C14H12N4O5/c1-9(10-3-2-4-15-8-10)16-14(19)11-5-12(17(20)21)7-13(6-11)18(22)23/h2-9H,1H3,(H,16,19). The smallest absolute Gasteiger partial charge is 0.277 e. The average molecular weight is 316 g/mol. The van der Waals surface area contributed by atoms with E-state index in [2.05, 4.69) is 10.3 Å². The number of benzene rings is 1. The van der Waals surface area contributed by atoms with Crippen LogP contribution < -0.4 is 5.32 Å². The number of carbonyl (C=O) groups is 1. The topological polar surface area (TPSA) is 128 Å². The van der Waals surface area contributed by atoms with Crippen molar-refractivity contribution in [2.75, 3.05) is 0 Å². The van der Waals surface area contributed by atoms with Crippen LogP contribution in [0.3, 0.4) is 0 Å². The van der Waals surface area contributed by atoms with Crippen LogP contribution in [-0.4, -0.2) is 20.7 Å². The Balaban J connectivity index is 2.28. The Kier molecular flexibility index (Phi) is 4.60. The molecule has 1 amide bonds. The minimum Gasteiger partial charge on any atom is -0.345 e. The lowest BCUT2D eigenvalue weighted by molar-refractivity contribution is -0.394. The lowest BCUT2D eigenvalue weighted by Crippen LogP contribution is -2.26. The number of carbonyl (C=O) groups excluding carboxylic acids is 1. The zero-order valence-electron chi connectivity index (χ0n) is 12.0. The van der Waals surface area contributed by atoms with Gasteiger partial charge in [0.2, 0.25) is 0 Å². The molecule has 0 aliphatic rings. The number of rotatable bonds is 5. The van der Waals surface area contributed by atoms with Gasteiger partial charge in [0.25, 0.3) is 17.3 Å². The van der Waals surface area contributed by atoms with E-state index in [1.165, 1.54) is 0 Å². The molecule has 0 aliphatic heterocycles. The number of nitro groups is 2. The van der Waals surface area contributed by atoms with Crippen molar-refractivity contribution in [3.8, 4) is 0 Å². The van der Waals surface area contributed by atoms with Crippen LogP contribution in [0.5, 0.6) is 0 Å². The zero-order chi connectivity index (χ0) is 17.0. The Morgan fingerprint density at radius 1 is 1.17 bits per heavy atom. The van der Waals surface area contributed by atoms with Crippen molar-refractivity contribution in [3.05, 3.63) is 74.1 Å². The minimum absolute atomic E-state index is 0.151. The molecule has 0 spiro atoms. The van der Waals surface area contributed by atoms with Gasteiger partial charge in [0.05, 0.1) is 27.5 Å². The number of non-ortho nitro benzene ring substituents is 2. The summed E-state index contributed by atoms with van der Waals surface area (Å²) in [4.78, 5) is 36.2. The van der Waals surface area contributed by atoms with E-state index < -0.39 is 33.2 Å². The van der Waals surface area contributed by atoms with Crippen molar-refractivity contribution in [3.63, 3.8) is 0 Å². The quantitative estimate of drug-likeness (QED) is 0.666. The second-order valence-corrected chi connectivity index (χ2v) is 4.73. The summed E-state index contributed by atoms with van der Waals surface area (Å²) in [5.41, 5.74) is -0.445. The molecule has 0 aliphatic carbocycles.